The molecule has 0 saturated heterocycles. The van der Waals surface area contributed by atoms with Crippen LogP contribution < -0.4 is 4.18 Å². The summed E-state index contributed by atoms with van der Waals surface area (Å²) in [5.74, 6) is 0.225. The molecule has 0 aliphatic heterocycles. The Bertz CT molecular complexity index is 299. The number of carbonyl (C=O) groups is 1. The molecule has 4 heteroatoms. The van der Waals surface area contributed by atoms with E-state index in [-0.39, 0.29) is 5.56 Å². The molecular formula is C9H10O3S. The van der Waals surface area contributed by atoms with Crippen LogP contribution in [-0.4, -0.2) is 16.8 Å². The lowest BCUT2D eigenvalue weighted by Gasteiger charge is -2.04. The molecule has 0 fully saturated rings. The van der Waals surface area contributed by atoms with Crippen molar-refractivity contribution in [2.75, 3.05) is 5.75 Å². The van der Waals surface area contributed by atoms with Crippen LogP contribution in [0.15, 0.2) is 24.3 Å². The number of hydrogen-bond donors (Lipinski definition) is 1. The average molecular weight is 198 g/mol. The predicted octanol–water partition coefficient (Wildman–Crippen LogP) is 2.43. The van der Waals surface area contributed by atoms with Crippen molar-refractivity contribution in [1.82, 2.24) is 0 Å². The van der Waals surface area contributed by atoms with Crippen molar-refractivity contribution in [3.8, 4) is 5.75 Å². The molecule has 0 heterocycles. The van der Waals surface area contributed by atoms with Crippen molar-refractivity contribution in [2.45, 2.75) is 6.92 Å². The number of benzene rings is 1. The molecule has 0 spiro atoms. The van der Waals surface area contributed by atoms with Crippen LogP contribution in [0.4, 0.5) is 0 Å². The van der Waals surface area contributed by atoms with Gasteiger partial charge in [0.25, 0.3) is 0 Å². The fourth-order valence-corrected chi connectivity index (χ4v) is 1.23. The Balaban J connectivity index is 2.84. The summed E-state index contributed by atoms with van der Waals surface area (Å²) in [5, 5.41) is 8.78. The molecule has 0 radical (unpaired) electrons. The van der Waals surface area contributed by atoms with Crippen LogP contribution in [0.2, 0.25) is 0 Å². The number of para-hydroxylation sites is 1. The molecule has 0 aromatic heterocycles. The van der Waals surface area contributed by atoms with Crippen LogP contribution in [0.3, 0.4) is 0 Å². The van der Waals surface area contributed by atoms with Gasteiger partial charge in [-0.05, 0) is 12.1 Å². The van der Waals surface area contributed by atoms with Crippen LogP contribution in [0.1, 0.15) is 17.3 Å². The fraction of sp³-hybridized carbons (Fsp3) is 0.222. The Hall–Kier alpha value is -1.16. The standard InChI is InChI=1S/C9H10O3S/c1-2-13-12-8-6-4-3-5-7(8)9(10)11/h3-6H,2H2,1H3,(H,10,11). The normalized spacial score (nSPS) is 9.62. The average Bonchev–Trinajstić information content (AvgIpc) is 2.15. The van der Waals surface area contributed by atoms with E-state index in [1.165, 1.54) is 18.1 Å². The number of carboxylic acids is 1. The second-order valence-electron chi connectivity index (χ2n) is 2.29. The molecule has 1 rings (SSSR count). The molecule has 0 aliphatic rings. The maximum atomic E-state index is 10.7. The predicted molar refractivity (Wildman–Crippen MR) is 52.2 cm³/mol. The van der Waals surface area contributed by atoms with Crippen molar-refractivity contribution in [1.29, 1.82) is 0 Å². The number of rotatable bonds is 4. The van der Waals surface area contributed by atoms with Crippen molar-refractivity contribution < 1.29 is 14.1 Å². The molecule has 70 valence electrons. The van der Waals surface area contributed by atoms with Gasteiger partial charge in [0, 0.05) is 5.75 Å². The smallest absolute Gasteiger partial charge is 0.339 e. The lowest BCUT2D eigenvalue weighted by atomic mass is 10.2. The van der Waals surface area contributed by atoms with Gasteiger partial charge in [-0.1, -0.05) is 19.1 Å². The molecule has 0 bridgehead atoms. The zero-order valence-corrected chi connectivity index (χ0v) is 8.00. The van der Waals surface area contributed by atoms with Gasteiger partial charge in [0.2, 0.25) is 0 Å². The molecule has 0 unspecified atom stereocenters. The van der Waals surface area contributed by atoms with E-state index in [4.69, 9.17) is 9.29 Å². The minimum atomic E-state index is -0.965. The van der Waals surface area contributed by atoms with Gasteiger partial charge in [-0.3, -0.25) is 0 Å². The van der Waals surface area contributed by atoms with E-state index in [1.54, 1.807) is 18.2 Å². The molecular weight excluding hydrogens is 188 g/mol. The minimum Gasteiger partial charge on any atom is -0.478 e. The molecule has 0 aliphatic carbocycles. The topological polar surface area (TPSA) is 46.5 Å². The van der Waals surface area contributed by atoms with Crippen molar-refractivity contribution in [3.05, 3.63) is 29.8 Å². The van der Waals surface area contributed by atoms with E-state index in [1.807, 2.05) is 6.92 Å². The summed E-state index contributed by atoms with van der Waals surface area (Å²) in [6.45, 7) is 1.94. The number of hydrogen-bond acceptors (Lipinski definition) is 3. The van der Waals surface area contributed by atoms with Gasteiger partial charge >= 0.3 is 5.97 Å². The van der Waals surface area contributed by atoms with E-state index >= 15 is 0 Å². The summed E-state index contributed by atoms with van der Waals surface area (Å²) < 4.78 is 5.18. The third-order valence-electron chi connectivity index (χ3n) is 1.38. The molecule has 1 aromatic rings. The first kappa shape index (κ1) is 9.92. The fourth-order valence-electron chi connectivity index (χ4n) is 0.838. The SMILES string of the molecule is CCSOc1ccccc1C(=O)O. The van der Waals surface area contributed by atoms with Crippen molar-refractivity contribution in [2.24, 2.45) is 0 Å². The second kappa shape index (κ2) is 4.77. The summed E-state index contributed by atoms with van der Waals surface area (Å²) in [4.78, 5) is 10.7. The van der Waals surface area contributed by atoms with Crippen molar-refractivity contribution in [3.63, 3.8) is 0 Å². The highest BCUT2D eigenvalue weighted by Crippen LogP contribution is 2.21. The third kappa shape index (κ3) is 2.66. The van der Waals surface area contributed by atoms with Crippen LogP contribution >= 0.6 is 12.0 Å². The molecule has 1 aromatic carbocycles. The largest absolute Gasteiger partial charge is 0.478 e. The molecule has 13 heavy (non-hydrogen) atoms. The van der Waals surface area contributed by atoms with Gasteiger partial charge in [0.15, 0.2) is 5.75 Å². The Morgan fingerprint density at radius 3 is 2.85 bits per heavy atom. The van der Waals surface area contributed by atoms with Gasteiger partial charge in [-0.25, -0.2) is 4.79 Å². The first-order chi connectivity index (χ1) is 6.25. The van der Waals surface area contributed by atoms with E-state index in [0.29, 0.717) is 5.75 Å². The monoisotopic (exact) mass is 198 g/mol. The highest BCUT2D eigenvalue weighted by atomic mass is 32.2. The summed E-state index contributed by atoms with van der Waals surface area (Å²) >= 11 is 1.23. The van der Waals surface area contributed by atoms with Crippen molar-refractivity contribution >= 4 is 18.0 Å². The molecule has 3 nitrogen and oxygen atoms in total. The summed E-state index contributed by atoms with van der Waals surface area (Å²) in [6, 6.07) is 6.59. The minimum absolute atomic E-state index is 0.198. The zero-order chi connectivity index (χ0) is 9.68. The van der Waals surface area contributed by atoms with E-state index in [0.717, 1.165) is 5.75 Å². The van der Waals surface area contributed by atoms with Crippen LogP contribution in [0.25, 0.3) is 0 Å². The molecule has 0 amide bonds. The maximum absolute atomic E-state index is 10.7. The highest BCUT2D eigenvalue weighted by molar-refractivity contribution is 7.94. The maximum Gasteiger partial charge on any atom is 0.339 e. The van der Waals surface area contributed by atoms with Crippen LogP contribution in [-0.2, 0) is 0 Å². The van der Waals surface area contributed by atoms with E-state index in [2.05, 4.69) is 0 Å². The molecule has 1 N–H and O–H groups in total. The van der Waals surface area contributed by atoms with Gasteiger partial charge < -0.3 is 9.29 Å². The van der Waals surface area contributed by atoms with Gasteiger partial charge in [-0.2, -0.15) is 0 Å². The Labute approximate surface area is 80.9 Å². The van der Waals surface area contributed by atoms with Gasteiger partial charge in [-0.15, -0.1) is 0 Å². The van der Waals surface area contributed by atoms with E-state index in [9.17, 15) is 4.79 Å². The molecule has 0 saturated carbocycles. The highest BCUT2D eigenvalue weighted by Gasteiger charge is 2.09. The summed E-state index contributed by atoms with van der Waals surface area (Å²) in [6.07, 6.45) is 0. The van der Waals surface area contributed by atoms with Crippen LogP contribution in [0.5, 0.6) is 5.75 Å². The van der Waals surface area contributed by atoms with Gasteiger partial charge in [0.05, 0.1) is 12.0 Å². The lowest BCUT2D eigenvalue weighted by Crippen LogP contribution is -1.98. The quantitative estimate of drug-likeness (QED) is 0.755. The van der Waals surface area contributed by atoms with Gasteiger partial charge in [0.1, 0.15) is 5.56 Å². The lowest BCUT2D eigenvalue weighted by molar-refractivity contribution is 0.0695. The second-order valence-corrected chi connectivity index (χ2v) is 3.27. The first-order valence-corrected chi connectivity index (χ1v) is 4.78. The Morgan fingerprint density at radius 1 is 1.54 bits per heavy atom. The number of aromatic carboxylic acids is 1. The summed E-state index contributed by atoms with van der Waals surface area (Å²) in [7, 11) is 0. The molecule has 0 atom stereocenters. The summed E-state index contributed by atoms with van der Waals surface area (Å²) in [5.41, 5.74) is 0.198. The Morgan fingerprint density at radius 2 is 2.23 bits per heavy atom. The van der Waals surface area contributed by atoms with E-state index < -0.39 is 5.97 Å². The zero-order valence-electron chi connectivity index (χ0n) is 7.19. The van der Waals surface area contributed by atoms with Crippen LogP contribution in [0, 0.1) is 0 Å². The Kier molecular flexibility index (Phi) is 3.64. The number of carboxylic acid groups (broad SMARTS) is 1. The third-order valence-corrected chi connectivity index (χ3v) is 1.92. The first-order valence-electron chi connectivity index (χ1n) is 3.87.